The first-order valence-electron chi connectivity index (χ1n) is 16.4. The molecular weight excluding hydrogens is 540 g/mol. The fourth-order valence-corrected chi connectivity index (χ4v) is 7.35. The van der Waals surface area contributed by atoms with Crippen LogP contribution in [0.1, 0.15) is 83.6 Å². The summed E-state index contributed by atoms with van der Waals surface area (Å²) < 4.78 is 7.26. The molecule has 10 nitrogen and oxygen atoms in total. The van der Waals surface area contributed by atoms with Gasteiger partial charge < -0.3 is 14.8 Å². The van der Waals surface area contributed by atoms with Gasteiger partial charge in [0.05, 0.1) is 0 Å². The molecule has 7 rings (SSSR count). The van der Waals surface area contributed by atoms with Crippen LogP contribution in [-0.2, 0) is 13.0 Å². The van der Waals surface area contributed by atoms with Crippen molar-refractivity contribution in [2.24, 2.45) is 17.8 Å². The van der Waals surface area contributed by atoms with E-state index in [0.29, 0.717) is 29.3 Å². The number of benzene rings is 1. The van der Waals surface area contributed by atoms with E-state index < -0.39 is 5.76 Å². The van der Waals surface area contributed by atoms with Gasteiger partial charge in [-0.3, -0.25) is 9.51 Å². The lowest BCUT2D eigenvalue weighted by Gasteiger charge is -2.38. The molecule has 3 aromatic heterocycles. The van der Waals surface area contributed by atoms with Crippen LogP contribution in [0.25, 0.3) is 22.8 Å². The maximum atomic E-state index is 11.8. The van der Waals surface area contributed by atoms with Crippen LogP contribution in [0.2, 0.25) is 0 Å². The average molecular weight is 585 g/mol. The van der Waals surface area contributed by atoms with Crippen molar-refractivity contribution in [2.45, 2.75) is 103 Å². The standard InChI is InChI=1S/C33H44N8O2/c1-21-14-16-24(17-15-21)20-41-27-28(34-22(2)25-11-8-12-25)35-30(31-38-33(42)43-39-31)36-29(27)37-32(41)40-18-7-6-13-26(40)19-23-9-4-3-5-10-23/h3-5,9-10,21-22,24-26H,6-8,11-20H2,1-2H3,(H,34,35,36)(H,38,39,42)/t21-,22-,24-,26?/m1/s1. The molecule has 0 spiro atoms. The van der Waals surface area contributed by atoms with Crippen LogP contribution in [0.4, 0.5) is 11.8 Å². The fourth-order valence-electron chi connectivity index (χ4n) is 7.35. The van der Waals surface area contributed by atoms with E-state index in [9.17, 15) is 4.79 Å². The Labute approximate surface area is 252 Å². The molecule has 2 aliphatic carbocycles. The van der Waals surface area contributed by atoms with Crippen molar-refractivity contribution < 1.29 is 4.52 Å². The van der Waals surface area contributed by atoms with E-state index in [2.05, 4.69) is 69.1 Å². The minimum atomic E-state index is -0.620. The molecule has 228 valence electrons. The Morgan fingerprint density at radius 1 is 1.00 bits per heavy atom. The Kier molecular flexibility index (Phi) is 7.93. The van der Waals surface area contributed by atoms with E-state index in [0.717, 1.165) is 55.6 Å². The van der Waals surface area contributed by atoms with Crippen molar-refractivity contribution in [1.29, 1.82) is 0 Å². The van der Waals surface area contributed by atoms with Crippen LogP contribution in [0.5, 0.6) is 0 Å². The fraction of sp³-hybridized carbons (Fsp3) is 0.606. The van der Waals surface area contributed by atoms with E-state index in [1.807, 2.05) is 0 Å². The number of aromatic amines is 1. The van der Waals surface area contributed by atoms with Gasteiger partial charge in [-0.25, -0.2) is 14.8 Å². The number of H-pyrrole nitrogens is 1. The highest BCUT2D eigenvalue weighted by Gasteiger charge is 2.32. The second kappa shape index (κ2) is 12.1. The van der Waals surface area contributed by atoms with Crippen LogP contribution in [-0.4, -0.2) is 48.3 Å². The highest BCUT2D eigenvalue weighted by molar-refractivity contribution is 5.87. The van der Waals surface area contributed by atoms with Gasteiger partial charge in [-0.2, -0.15) is 4.98 Å². The zero-order chi connectivity index (χ0) is 29.3. The average Bonchev–Trinajstić information content (AvgIpc) is 3.58. The van der Waals surface area contributed by atoms with Gasteiger partial charge in [0, 0.05) is 25.2 Å². The number of hydrogen-bond acceptors (Lipinski definition) is 8. The van der Waals surface area contributed by atoms with Gasteiger partial charge in [-0.1, -0.05) is 61.7 Å². The number of nitrogens with zero attached hydrogens (tertiary/aromatic N) is 6. The smallest absolute Gasteiger partial charge is 0.365 e. The minimum Gasteiger partial charge on any atom is -0.365 e. The van der Waals surface area contributed by atoms with Gasteiger partial charge in [-0.05, 0) is 81.6 Å². The molecule has 1 unspecified atom stereocenters. The third-order valence-electron chi connectivity index (χ3n) is 10.2. The summed E-state index contributed by atoms with van der Waals surface area (Å²) in [5.41, 5.74) is 2.95. The third kappa shape index (κ3) is 5.93. The molecule has 1 saturated heterocycles. The highest BCUT2D eigenvalue weighted by Crippen LogP contribution is 2.38. The Hall–Kier alpha value is -3.69. The lowest BCUT2D eigenvalue weighted by molar-refractivity contribution is 0.266. The molecule has 2 atom stereocenters. The van der Waals surface area contributed by atoms with Crippen LogP contribution in [0.3, 0.4) is 0 Å². The number of imidazole rings is 1. The molecule has 0 bridgehead atoms. The van der Waals surface area contributed by atoms with Crippen LogP contribution >= 0.6 is 0 Å². The lowest BCUT2D eigenvalue weighted by atomic mass is 9.80. The predicted molar refractivity (Wildman–Crippen MR) is 168 cm³/mol. The molecule has 2 N–H and O–H groups in total. The molecule has 3 fully saturated rings. The molecule has 43 heavy (non-hydrogen) atoms. The van der Waals surface area contributed by atoms with Crippen molar-refractivity contribution in [3.63, 3.8) is 0 Å². The summed E-state index contributed by atoms with van der Waals surface area (Å²) in [6.07, 6.45) is 13.3. The molecule has 1 aromatic carbocycles. The largest absolute Gasteiger partial charge is 0.439 e. The van der Waals surface area contributed by atoms with Gasteiger partial charge >= 0.3 is 5.76 Å². The maximum absolute atomic E-state index is 11.8. The summed E-state index contributed by atoms with van der Waals surface area (Å²) in [5.74, 6) is 3.69. The Bertz CT molecular complexity index is 1580. The Morgan fingerprint density at radius 3 is 2.53 bits per heavy atom. The second-order valence-electron chi connectivity index (χ2n) is 13.3. The molecule has 0 radical (unpaired) electrons. The molecule has 1 aliphatic heterocycles. The van der Waals surface area contributed by atoms with Crippen molar-refractivity contribution in [3.8, 4) is 11.6 Å². The van der Waals surface area contributed by atoms with Gasteiger partial charge in [0.1, 0.15) is 5.52 Å². The van der Waals surface area contributed by atoms with E-state index >= 15 is 0 Å². The van der Waals surface area contributed by atoms with Crippen LogP contribution < -0.4 is 16.0 Å². The molecule has 2 saturated carbocycles. The summed E-state index contributed by atoms with van der Waals surface area (Å²) in [6.45, 7) is 6.51. The summed E-state index contributed by atoms with van der Waals surface area (Å²) in [5, 5.41) is 7.69. The third-order valence-corrected chi connectivity index (χ3v) is 10.2. The number of fused-ring (bicyclic) bond motifs is 1. The molecule has 4 aromatic rings. The zero-order valence-electron chi connectivity index (χ0n) is 25.5. The van der Waals surface area contributed by atoms with Crippen molar-refractivity contribution in [1.82, 2.24) is 29.7 Å². The second-order valence-corrected chi connectivity index (χ2v) is 13.3. The predicted octanol–water partition coefficient (Wildman–Crippen LogP) is 6.20. The first-order chi connectivity index (χ1) is 21.0. The molecule has 3 aliphatic rings. The normalized spacial score (nSPS) is 23.8. The summed E-state index contributed by atoms with van der Waals surface area (Å²) >= 11 is 0. The monoisotopic (exact) mass is 584 g/mol. The topological polar surface area (TPSA) is 118 Å². The van der Waals surface area contributed by atoms with Crippen LogP contribution in [0, 0.1) is 17.8 Å². The molecule has 0 amide bonds. The number of piperidine rings is 1. The summed E-state index contributed by atoms with van der Waals surface area (Å²) in [6, 6.07) is 11.5. The lowest BCUT2D eigenvalue weighted by Crippen LogP contribution is -2.42. The number of hydrogen-bond donors (Lipinski definition) is 2. The maximum Gasteiger partial charge on any atom is 0.439 e. The number of rotatable bonds is 9. The summed E-state index contributed by atoms with van der Waals surface area (Å²) in [7, 11) is 0. The van der Waals surface area contributed by atoms with E-state index in [4.69, 9.17) is 19.5 Å². The molecule has 4 heterocycles. The molecule has 10 heteroatoms. The molecular formula is C33H44N8O2. The van der Waals surface area contributed by atoms with Crippen molar-refractivity contribution >= 4 is 22.9 Å². The quantitative estimate of drug-likeness (QED) is 0.239. The zero-order valence-corrected chi connectivity index (χ0v) is 25.5. The number of aromatic nitrogens is 6. The van der Waals surface area contributed by atoms with Crippen molar-refractivity contribution in [2.75, 3.05) is 16.8 Å². The van der Waals surface area contributed by atoms with Gasteiger partial charge in [0.15, 0.2) is 11.5 Å². The Morgan fingerprint density at radius 2 is 1.81 bits per heavy atom. The highest BCUT2D eigenvalue weighted by atomic mass is 16.5. The van der Waals surface area contributed by atoms with Gasteiger partial charge in [0.2, 0.25) is 17.6 Å². The Balaban J connectivity index is 1.35. The first-order valence-corrected chi connectivity index (χ1v) is 16.4. The van der Waals surface area contributed by atoms with Gasteiger partial charge in [0.25, 0.3) is 0 Å². The summed E-state index contributed by atoms with van der Waals surface area (Å²) in [4.78, 5) is 32.2. The van der Waals surface area contributed by atoms with Gasteiger partial charge in [-0.15, -0.1) is 0 Å². The first kappa shape index (κ1) is 28.1. The minimum absolute atomic E-state index is 0.226. The van der Waals surface area contributed by atoms with E-state index in [-0.39, 0.29) is 11.9 Å². The van der Waals surface area contributed by atoms with E-state index in [1.54, 1.807) is 0 Å². The SMILES string of the molecule is C[C@@H](Nc1nc(-c2noc(=O)[nH]2)nc2nc(N3CCCCC3Cc3ccccc3)n(C[C@H]3CC[C@H](C)CC3)c12)C1CCC1. The van der Waals surface area contributed by atoms with Crippen molar-refractivity contribution in [3.05, 3.63) is 46.4 Å². The van der Waals surface area contributed by atoms with E-state index in [1.165, 1.54) is 56.9 Å². The van der Waals surface area contributed by atoms with Crippen LogP contribution in [0.15, 0.2) is 39.6 Å². The number of nitrogens with one attached hydrogen (secondary N) is 2. The number of anilines is 2.